The SMILES string of the molecule is CCc1ccc(C(=O)NNC(=O)Cc2c(C)nn(C)c2C)cc1. The summed E-state index contributed by atoms with van der Waals surface area (Å²) < 4.78 is 1.74. The fourth-order valence-corrected chi connectivity index (χ4v) is 2.37. The number of carbonyl (C=O) groups excluding carboxylic acids is 2. The quantitative estimate of drug-likeness (QED) is 0.842. The summed E-state index contributed by atoms with van der Waals surface area (Å²) in [6.45, 7) is 5.83. The molecule has 0 saturated carbocycles. The topological polar surface area (TPSA) is 76.0 Å². The number of aromatic nitrogens is 2. The van der Waals surface area contributed by atoms with Crippen molar-refractivity contribution in [2.75, 3.05) is 0 Å². The van der Waals surface area contributed by atoms with Crippen molar-refractivity contribution < 1.29 is 9.59 Å². The second-order valence-corrected chi connectivity index (χ2v) is 5.50. The Bertz CT molecular complexity index is 717. The first-order chi connectivity index (χ1) is 10.9. The minimum Gasteiger partial charge on any atom is -0.273 e. The molecule has 6 heteroatoms. The summed E-state index contributed by atoms with van der Waals surface area (Å²) in [6.07, 6.45) is 1.10. The maximum atomic E-state index is 12.0. The van der Waals surface area contributed by atoms with Gasteiger partial charge in [-0.25, -0.2) is 0 Å². The van der Waals surface area contributed by atoms with Gasteiger partial charge >= 0.3 is 0 Å². The molecule has 0 spiro atoms. The molecule has 1 heterocycles. The molecular weight excluding hydrogens is 292 g/mol. The maximum Gasteiger partial charge on any atom is 0.269 e. The Morgan fingerprint density at radius 1 is 1.13 bits per heavy atom. The number of carbonyl (C=O) groups is 2. The number of hydrogen-bond donors (Lipinski definition) is 2. The van der Waals surface area contributed by atoms with Gasteiger partial charge in [0.05, 0.1) is 12.1 Å². The normalized spacial score (nSPS) is 10.4. The zero-order valence-electron chi connectivity index (χ0n) is 13.9. The van der Waals surface area contributed by atoms with Crippen LogP contribution < -0.4 is 10.9 Å². The van der Waals surface area contributed by atoms with Crippen LogP contribution in [0.1, 0.15) is 39.8 Å². The molecule has 2 N–H and O–H groups in total. The lowest BCUT2D eigenvalue weighted by Crippen LogP contribution is -2.42. The summed E-state index contributed by atoms with van der Waals surface area (Å²) in [5.74, 6) is -0.608. The zero-order chi connectivity index (χ0) is 17.0. The van der Waals surface area contributed by atoms with Gasteiger partial charge in [-0.15, -0.1) is 0 Å². The van der Waals surface area contributed by atoms with Crippen LogP contribution in [0.5, 0.6) is 0 Å². The number of nitrogens with zero attached hydrogens (tertiary/aromatic N) is 2. The Hall–Kier alpha value is -2.63. The molecular formula is C17H22N4O2. The first-order valence-corrected chi connectivity index (χ1v) is 7.59. The molecule has 122 valence electrons. The summed E-state index contributed by atoms with van der Waals surface area (Å²) >= 11 is 0. The average molecular weight is 314 g/mol. The molecule has 0 atom stereocenters. The van der Waals surface area contributed by atoms with Crippen molar-refractivity contribution >= 4 is 11.8 Å². The lowest BCUT2D eigenvalue weighted by Gasteiger charge is -2.08. The van der Waals surface area contributed by atoms with Crippen molar-refractivity contribution in [3.05, 3.63) is 52.3 Å². The van der Waals surface area contributed by atoms with Gasteiger partial charge in [0.1, 0.15) is 0 Å². The van der Waals surface area contributed by atoms with Crippen LogP contribution in [0.4, 0.5) is 0 Å². The van der Waals surface area contributed by atoms with Gasteiger partial charge in [0.2, 0.25) is 5.91 Å². The summed E-state index contributed by atoms with van der Waals surface area (Å²) in [6, 6.07) is 7.30. The van der Waals surface area contributed by atoms with Crippen LogP contribution in [0.3, 0.4) is 0 Å². The van der Waals surface area contributed by atoms with Gasteiger partial charge in [-0.05, 0) is 38.0 Å². The molecule has 0 saturated heterocycles. The molecule has 2 aromatic rings. The number of hydrogen-bond acceptors (Lipinski definition) is 3. The molecule has 0 aliphatic carbocycles. The minimum absolute atomic E-state index is 0.181. The lowest BCUT2D eigenvalue weighted by atomic mass is 10.1. The number of rotatable bonds is 4. The summed E-state index contributed by atoms with van der Waals surface area (Å²) in [7, 11) is 1.84. The number of nitrogens with one attached hydrogen (secondary N) is 2. The molecule has 0 radical (unpaired) electrons. The second-order valence-electron chi connectivity index (χ2n) is 5.50. The molecule has 0 fully saturated rings. The number of aryl methyl sites for hydroxylation is 3. The number of benzene rings is 1. The van der Waals surface area contributed by atoms with Crippen molar-refractivity contribution in [1.29, 1.82) is 0 Å². The number of hydrazine groups is 1. The van der Waals surface area contributed by atoms with Crippen LogP contribution in [0.15, 0.2) is 24.3 Å². The molecule has 2 amide bonds. The van der Waals surface area contributed by atoms with Gasteiger partial charge in [-0.2, -0.15) is 5.10 Å². The Morgan fingerprint density at radius 2 is 1.78 bits per heavy atom. The number of amides is 2. The third-order valence-electron chi connectivity index (χ3n) is 3.94. The third-order valence-corrected chi connectivity index (χ3v) is 3.94. The predicted molar refractivity (Wildman–Crippen MR) is 87.8 cm³/mol. The van der Waals surface area contributed by atoms with E-state index in [-0.39, 0.29) is 18.2 Å². The Morgan fingerprint density at radius 3 is 2.30 bits per heavy atom. The van der Waals surface area contributed by atoms with Crippen molar-refractivity contribution in [1.82, 2.24) is 20.6 Å². The molecule has 1 aromatic heterocycles. The Balaban J connectivity index is 1.92. The first-order valence-electron chi connectivity index (χ1n) is 7.59. The highest BCUT2D eigenvalue weighted by atomic mass is 16.2. The highest BCUT2D eigenvalue weighted by Crippen LogP contribution is 2.12. The van der Waals surface area contributed by atoms with Gasteiger partial charge < -0.3 is 0 Å². The van der Waals surface area contributed by atoms with Crippen molar-refractivity contribution in [2.24, 2.45) is 7.05 Å². The molecule has 0 bridgehead atoms. The molecule has 0 unspecified atom stereocenters. The van der Waals surface area contributed by atoms with Crippen LogP contribution in [-0.4, -0.2) is 21.6 Å². The van der Waals surface area contributed by atoms with Gasteiger partial charge in [0.15, 0.2) is 0 Å². The van der Waals surface area contributed by atoms with Gasteiger partial charge in [0.25, 0.3) is 5.91 Å². The summed E-state index contributed by atoms with van der Waals surface area (Å²) in [5.41, 5.74) is 9.20. The van der Waals surface area contributed by atoms with E-state index in [0.717, 1.165) is 28.9 Å². The molecule has 1 aromatic carbocycles. The first kappa shape index (κ1) is 16.7. The van der Waals surface area contributed by atoms with E-state index in [1.165, 1.54) is 0 Å². The van der Waals surface area contributed by atoms with Gasteiger partial charge in [-0.1, -0.05) is 19.1 Å². The lowest BCUT2D eigenvalue weighted by molar-refractivity contribution is -0.121. The molecule has 0 aliphatic heterocycles. The summed E-state index contributed by atoms with van der Waals surface area (Å²) in [5, 5.41) is 4.27. The van der Waals surface area contributed by atoms with Crippen molar-refractivity contribution in [2.45, 2.75) is 33.6 Å². The monoisotopic (exact) mass is 314 g/mol. The van der Waals surface area contributed by atoms with E-state index >= 15 is 0 Å². The van der Waals surface area contributed by atoms with Crippen LogP contribution in [0.25, 0.3) is 0 Å². The van der Waals surface area contributed by atoms with Gasteiger partial charge in [-0.3, -0.25) is 25.1 Å². The van der Waals surface area contributed by atoms with Crippen LogP contribution in [-0.2, 0) is 24.7 Å². The van der Waals surface area contributed by atoms with Gasteiger partial charge in [0, 0.05) is 23.9 Å². The van der Waals surface area contributed by atoms with E-state index in [1.807, 2.05) is 33.0 Å². The van der Waals surface area contributed by atoms with E-state index in [2.05, 4.69) is 22.9 Å². The van der Waals surface area contributed by atoms with E-state index in [4.69, 9.17) is 0 Å². The smallest absolute Gasteiger partial charge is 0.269 e. The summed E-state index contributed by atoms with van der Waals surface area (Å²) in [4.78, 5) is 24.0. The molecule has 23 heavy (non-hydrogen) atoms. The Kier molecular flexibility index (Phi) is 5.16. The molecule has 2 rings (SSSR count). The Labute approximate surface area is 135 Å². The van der Waals surface area contributed by atoms with Crippen molar-refractivity contribution in [3.63, 3.8) is 0 Å². The fraction of sp³-hybridized carbons (Fsp3) is 0.353. The second kappa shape index (κ2) is 7.09. The van der Waals surface area contributed by atoms with E-state index in [0.29, 0.717) is 5.56 Å². The minimum atomic E-state index is -0.333. The highest BCUT2D eigenvalue weighted by Gasteiger charge is 2.14. The van der Waals surface area contributed by atoms with Crippen LogP contribution >= 0.6 is 0 Å². The highest BCUT2D eigenvalue weighted by molar-refractivity contribution is 5.95. The molecule has 6 nitrogen and oxygen atoms in total. The van der Waals surface area contributed by atoms with E-state index in [9.17, 15) is 9.59 Å². The fourth-order valence-electron chi connectivity index (χ4n) is 2.37. The third kappa shape index (κ3) is 3.97. The van der Waals surface area contributed by atoms with Crippen LogP contribution in [0.2, 0.25) is 0 Å². The van der Waals surface area contributed by atoms with E-state index < -0.39 is 0 Å². The van der Waals surface area contributed by atoms with Crippen LogP contribution in [0, 0.1) is 13.8 Å². The largest absolute Gasteiger partial charge is 0.273 e. The average Bonchev–Trinajstić information content (AvgIpc) is 2.79. The maximum absolute atomic E-state index is 12.0. The van der Waals surface area contributed by atoms with Crippen molar-refractivity contribution in [3.8, 4) is 0 Å². The molecule has 0 aliphatic rings. The van der Waals surface area contributed by atoms with E-state index in [1.54, 1.807) is 16.8 Å². The standard InChI is InChI=1S/C17H22N4O2/c1-5-13-6-8-14(9-7-13)17(23)19-18-16(22)10-15-11(2)20-21(4)12(15)3/h6-9H,5,10H2,1-4H3,(H,18,22)(H,19,23). The zero-order valence-corrected chi connectivity index (χ0v) is 13.9. The predicted octanol–water partition coefficient (Wildman–Crippen LogP) is 1.60.